The number of rotatable bonds is 6. The quantitative estimate of drug-likeness (QED) is 0.326. The van der Waals surface area contributed by atoms with E-state index >= 15 is 0 Å². The Kier molecular flexibility index (Phi) is 6.52. The van der Waals surface area contributed by atoms with E-state index < -0.39 is 12.0 Å². The first-order valence-electron chi connectivity index (χ1n) is 10.1. The highest BCUT2D eigenvalue weighted by Gasteiger charge is 2.27. The summed E-state index contributed by atoms with van der Waals surface area (Å²) in [6.07, 6.45) is 1.92. The van der Waals surface area contributed by atoms with E-state index in [4.69, 9.17) is 9.72 Å². The second kappa shape index (κ2) is 9.66. The molecule has 0 aliphatic rings. The second-order valence-corrected chi connectivity index (χ2v) is 7.91. The van der Waals surface area contributed by atoms with Crippen LogP contribution in [0.5, 0.6) is 0 Å². The topological polar surface area (TPSA) is 68.3 Å². The van der Waals surface area contributed by atoms with Gasteiger partial charge >= 0.3 is 5.97 Å². The van der Waals surface area contributed by atoms with Gasteiger partial charge in [-0.2, -0.15) is 0 Å². The van der Waals surface area contributed by atoms with Crippen LogP contribution >= 0.6 is 11.8 Å². The number of thioether (sulfide) groups is 1. The lowest BCUT2D eigenvalue weighted by Gasteiger charge is -2.20. The molecule has 1 atom stereocenters. The number of nitrogens with one attached hydrogen (secondary N) is 1. The molecular formula is C26H22N2O3S. The summed E-state index contributed by atoms with van der Waals surface area (Å²) in [6.45, 7) is 0. The molecule has 0 aliphatic heterocycles. The molecule has 0 radical (unpaired) electrons. The van der Waals surface area contributed by atoms with E-state index in [9.17, 15) is 9.59 Å². The van der Waals surface area contributed by atoms with Gasteiger partial charge in [0.2, 0.25) is 0 Å². The van der Waals surface area contributed by atoms with E-state index in [1.807, 2.05) is 79.1 Å². The minimum absolute atomic E-state index is 0.357. The number of ether oxygens (including phenoxy) is 1. The van der Waals surface area contributed by atoms with Crippen molar-refractivity contribution in [3.8, 4) is 11.3 Å². The molecule has 0 bridgehead atoms. The predicted octanol–water partition coefficient (Wildman–Crippen LogP) is 5.27. The Morgan fingerprint density at radius 3 is 2.19 bits per heavy atom. The van der Waals surface area contributed by atoms with Crippen molar-refractivity contribution in [2.45, 2.75) is 10.9 Å². The van der Waals surface area contributed by atoms with Gasteiger partial charge in [-0.25, -0.2) is 9.78 Å². The molecule has 1 heterocycles. The lowest BCUT2D eigenvalue weighted by atomic mass is 10.0. The molecule has 5 nitrogen and oxygen atoms in total. The monoisotopic (exact) mass is 442 g/mol. The zero-order valence-corrected chi connectivity index (χ0v) is 18.6. The Labute approximate surface area is 190 Å². The molecule has 32 heavy (non-hydrogen) atoms. The van der Waals surface area contributed by atoms with Crippen LogP contribution in [0.4, 0.5) is 0 Å². The van der Waals surface area contributed by atoms with Gasteiger partial charge in [0, 0.05) is 15.8 Å². The molecule has 6 heteroatoms. The van der Waals surface area contributed by atoms with E-state index in [0.717, 1.165) is 21.5 Å². The summed E-state index contributed by atoms with van der Waals surface area (Å²) < 4.78 is 4.97. The van der Waals surface area contributed by atoms with Gasteiger partial charge < -0.3 is 10.1 Å². The first kappa shape index (κ1) is 21.6. The minimum Gasteiger partial charge on any atom is -0.467 e. The van der Waals surface area contributed by atoms with Crippen LogP contribution in [0, 0.1) is 0 Å². The molecule has 0 aliphatic carbocycles. The van der Waals surface area contributed by atoms with E-state index in [1.54, 1.807) is 12.1 Å². The fourth-order valence-corrected chi connectivity index (χ4v) is 4.42. The molecule has 4 rings (SSSR count). The van der Waals surface area contributed by atoms with Crippen molar-refractivity contribution < 1.29 is 14.3 Å². The first-order chi connectivity index (χ1) is 15.6. The maximum Gasteiger partial charge on any atom is 0.333 e. The lowest BCUT2D eigenvalue weighted by Crippen LogP contribution is -2.35. The maximum atomic E-state index is 13.7. The Morgan fingerprint density at radius 2 is 1.53 bits per heavy atom. The number of aromatic nitrogens is 1. The number of amides is 1. The highest BCUT2D eigenvalue weighted by Crippen LogP contribution is 2.36. The number of para-hydroxylation sites is 1. The highest BCUT2D eigenvalue weighted by atomic mass is 32.2. The van der Waals surface area contributed by atoms with Crippen LogP contribution in [-0.4, -0.2) is 30.2 Å². The van der Waals surface area contributed by atoms with E-state index in [1.165, 1.54) is 18.9 Å². The fraction of sp³-hybridized carbons (Fsp3) is 0.115. The number of carbonyl (C=O) groups is 2. The summed E-state index contributed by atoms with van der Waals surface area (Å²) in [4.78, 5) is 31.8. The fourth-order valence-electron chi connectivity index (χ4n) is 3.66. The van der Waals surface area contributed by atoms with Crippen LogP contribution in [-0.2, 0) is 9.53 Å². The number of benzene rings is 3. The van der Waals surface area contributed by atoms with Gasteiger partial charge in [-0.05, 0) is 17.9 Å². The van der Waals surface area contributed by atoms with Crippen LogP contribution in [0.1, 0.15) is 22.0 Å². The summed E-state index contributed by atoms with van der Waals surface area (Å²) in [5.74, 6) is -0.888. The molecule has 4 aromatic rings. The Morgan fingerprint density at radius 1 is 0.906 bits per heavy atom. The molecule has 0 unspecified atom stereocenters. The van der Waals surface area contributed by atoms with Crippen LogP contribution in [0.15, 0.2) is 89.8 Å². The van der Waals surface area contributed by atoms with Gasteiger partial charge in [-0.15, -0.1) is 11.8 Å². The van der Waals surface area contributed by atoms with Crippen molar-refractivity contribution in [3.05, 3.63) is 96.1 Å². The minimum atomic E-state index is -0.921. The molecule has 0 spiro atoms. The molecule has 3 aromatic carbocycles. The number of hydrogen-bond acceptors (Lipinski definition) is 5. The van der Waals surface area contributed by atoms with Crippen LogP contribution < -0.4 is 5.32 Å². The van der Waals surface area contributed by atoms with Crippen LogP contribution in [0.25, 0.3) is 22.2 Å². The number of nitrogens with zero attached hydrogens (tertiary/aromatic N) is 1. The first-order valence-corrected chi connectivity index (χ1v) is 11.3. The summed E-state index contributed by atoms with van der Waals surface area (Å²) in [7, 11) is 1.31. The maximum absolute atomic E-state index is 13.7. The van der Waals surface area contributed by atoms with Crippen molar-refractivity contribution >= 4 is 34.5 Å². The summed E-state index contributed by atoms with van der Waals surface area (Å²) in [5.41, 5.74) is 3.51. The largest absolute Gasteiger partial charge is 0.467 e. The van der Waals surface area contributed by atoms with Crippen molar-refractivity contribution in [2.75, 3.05) is 13.4 Å². The van der Waals surface area contributed by atoms with Gasteiger partial charge in [0.25, 0.3) is 5.91 Å². The number of fused-ring (bicyclic) bond motifs is 1. The number of esters is 1. The summed E-state index contributed by atoms with van der Waals surface area (Å²) in [6, 6.07) is 25.5. The normalized spacial score (nSPS) is 11.7. The van der Waals surface area contributed by atoms with Gasteiger partial charge in [0.05, 0.1) is 23.9 Å². The molecule has 1 N–H and O–H groups in total. The third kappa shape index (κ3) is 4.22. The summed E-state index contributed by atoms with van der Waals surface area (Å²) in [5, 5.41) is 3.62. The molecule has 0 saturated heterocycles. The highest BCUT2D eigenvalue weighted by molar-refractivity contribution is 7.98. The van der Waals surface area contributed by atoms with Crippen LogP contribution in [0.3, 0.4) is 0 Å². The van der Waals surface area contributed by atoms with Crippen molar-refractivity contribution in [3.63, 3.8) is 0 Å². The van der Waals surface area contributed by atoms with Crippen LogP contribution in [0.2, 0.25) is 0 Å². The SMILES string of the molecule is COC(=O)[C@H](NC(=O)c1c(SC)c(-c2ccccc2)nc2ccccc12)c1ccccc1. The molecule has 1 aromatic heterocycles. The number of hydrogen-bond donors (Lipinski definition) is 1. The van der Waals surface area contributed by atoms with Crippen molar-refractivity contribution in [1.82, 2.24) is 10.3 Å². The van der Waals surface area contributed by atoms with Gasteiger partial charge in [0.15, 0.2) is 6.04 Å². The van der Waals surface area contributed by atoms with E-state index in [-0.39, 0.29) is 5.91 Å². The summed E-state index contributed by atoms with van der Waals surface area (Å²) >= 11 is 1.46. The third-order valence-corrected chi connectivity index (χ3v) is 5.98. The zero-order valence-electron chi connectivity index (χ0n) is 17.7. The predicted molar refractivity (Wildman–Crippen MR) is 128 cm³/mol. The smallest absolute Gasteiger partial charge is 0.333 e. The van der Waals surface area contributed by atoms with Gasteiger partial charge in [0.1, 0.15) is 0 Å². The standard InChI is InChI=1S/C26H22N2O3S/c1-31-26(30)23(18-13-7-4-8-14-18)28-25(29)21-19-15-9-10-16-20(19)27-22(24(21)32-2)17-11-5-3-6-12-17/h3-16,23H,1-2H3,(H,28,29)/t23-/m1/s1. The number of methoxy groups -OCH3 is 1. The van der Waals surface area contributed by atoms with E-state index in [2.05, 4.69) is 5.32 Å². The lowest BCUT2D eigenvalue weighted by molar-refractivity contribution is -0.143. The van der Waals surface area contributed by atoms with E-state index in [0.29, 0.717) is 16.6 Å². The zero-order chi connectivity index (χ0) is 22.5. The van der Waals surface area contributed by atoms with Crippen molar-refractivity contribution in [1.29, 1.82) is 0 Å². The van der Waals surface area contributed by atoms with Crippen molar-refractivity contribution in [2.24, 2.45) is 0 Å². The molecule has 160 valence electrons. The average Bonchev–Trinajstić information content (AvgIpc) is 2.86. The van der Waals surface area contributed by atoms with Gasteiger partial charge in [-0.1, -0.05) is 78.9 Å². The Balaban J connectivity index is 1.87. The second-order valence-electron chi connectivity index (χ2n) is 7.09. The number of carbonyl (C=O) groups excluding carboxylic acids is 2. The molecule has 0 saturated carbocycles. The third-order valence-electron chi connectivity index (χ3n) is 5.17. The Hall–Kier alpha value is -3.64. The Bertz CT molecular complexity index is 1260. The molecule has 1 amide bonds. The molecular weight excluding hydrogens is 420 g/mol. The molecule has 0 fully saturated rings. The average molecular weight is 443 g/mol. The number of pyridine rings is 1. The van der Waals surface area contributed by atoms with Gasteiger partial charge in [-0.3, -0.25) is 4.79 Å².